The molecule has 4 aliphatic rings. The smallest absolute Gasteiger partial charge is 0.318 e. The van der Waals surface area contributed by atoms with Gasteiger partial charge in [0.15, 0.2) is 5.83 Å². The van der Waals surface area contributed by atoms with Gasteiger partial charge in [-0.15, -0.1) is 0 Å². The minimum absolute atomic E-state index is 0.0231. The van der Waals surface area contributed by atoms with Crippen LogP contribution in [0.3, 0.4) is 0 Å². The van der Waals surface area contributed by atoms with Gasteiger partial charge >= 0.3 is 6.01 Å². The molecule has 46 heavy (non-hydrogen) atoms. The molecule has 0 radical (unpaired) electrons. The second kappa shape index (κ2) is 12.4. The number of aromatic nitrogens is 2. The van der Waals surface area contributed by atoms with Gasteiger partial charge in [0.2, 0.25) is 0 Å². The van der Waals surface area contributed by atoms with Crippen molar-refractivity contribution in [2.24, 2.45) is 0 Å². The largest absolute Gasteiger partial charge is 0.461 e. The first-order chi connectivity index (χ1) is 22.3. The van der Waals surface area contributed by atoms with Crippen LogP contribution in [-0.2, 0) is 22.6 Å². The molecule has 0 saturated carbocycles. The van der Waals surface area contributed by atoms with Gasteiger partial charge in [0.05, 0.1) is 42.5 Å². The van der Waals surface area contributed by atoms with Gasteiger partial charge in [-0.2, -0.15) is 15.2 Å². The molecule has 5 heterocycles. The van der Waals surface area contributed by atoms with Gasteiger partial charge in [-0.3, -0.25) is 9.69 Å². The number of anilines is 1. The predicted molar refractivity (Wildman–Crippen MR) is 169 cm³/mol. The number of alkyl halides is 1. The molecule has 12 heteroatoms. The number of nitriles is 1. The van der Waals surface area contributed by atoms with Gasteiger partial charge in [0.25, 0.3) is 5.91 Å². The minimum atomic E-state index is -1.05. The first kappa shape index (κ1) is 30.8. The number of benzene rings is 2. The van der Waals surface area contributed by atoms with E-state index in [1.807, 2.05) is 41.3 Å². The van der Waals surface area contributed by atoms with Crippen LogP contribution in [0.4, 0.5) is 14.6 Å². The zero-order valence-electron chi connectivity index (χ0n) is 25.4. The van der Waals surface area contributed by atoms with Gasteiger partial charge < -0.3 is 19.3 Å². The predicted octanol–water partition coefficient (Wildman–Crippen LogP) is 5.47. The summed E-state index contributed by atoms with van der Waals surface area (Å²) >= 11 is 6.67. The van der Waals surface area contributed by atoms with E-state index in [1.54, 1.807) is 0 Å². The molecule has 4 atom stereocenters. The van der Waals surface area contributed by atoms with E-state index in [4.69, 9.17) is 31.0 Å². The molecule has 3 saturated heterocycles. The molecule has 240 valence electrons. The van der Waals surface area contributed by atoms with Crippen LogP contribution >= 0.6 is 11.6 Å². The normalized spacial score (nSPS) is 26.1. The van der Waals surface area contributed by atoms with Gasteiger partial charge in [-0.25, -0.2) is 8.78 Å². The molecule has 3 aromatic rings. The number of carbonyl (C=O) groups excluding carboxylic acids is 1. The van der Waals surface area contributed by atoms with Gasteiger partial charge in [-0.05, 0) is 36.4 Å². The highest BCUT2D eigenvalue weighted by Gasteiger charge is 2.49. The van der Waals surface area contributed by atoms with E-state index in [2.05, 4.69) is 17.5 Å². The fraction of sp³-hybridized carbons (Fsp3) is 0.471. The summed E-state index contributed by atoms with van der Waals surface area (Å²) in [5.41, 5.74) is 2.15. The van der Waals surface area contributed by atoms with Crippen molar-refractivity contribution in [3.63, 3.8) is 0 Å². The highest BCUT2D eigenvalue weighted by Crippen LogP contribution is 2.42. The lowest BCUT2D eigenvalue weighted by Crippen LogP contribution is -2.55. The molecule has 3 fully saturated rings. The number of fused-ring (bicyclic) bond motifs is 3. The quantitative estimate of drug-likeness (QED) is 0.312. The average molecular weight is 649 g/mol. The Balaban J connectivity index is 1.23. The average Bonchev–Trinajstić information content (AvgIpc) is 3.58. The van der Waals surface area contributed by atoms with Crippen molar-refractivity contribution in [3.05, 3.63) is 70.6 Å². The summed E-state index contributed by atoms with van der Waals surface area (Å²) in [4.78, 5) is 27.8. The van der Waals surface area contributed by atoms with Crippen LogP contribution in [0.15, 0.2) is 48.8 Å². The number of ether oxygens (including phenoxy) is 2. The summed E-state index contributed by atoms with van der Waals surface area (Å²) in [6, 6.07) is 13.6. The SMILES string of the molecule is C=C(F)C(=O)N1CCN(c2nc(OC[C@@]34CCCN3C[C@H](F)C4)nc3c2CO[C@@H](c2cccc4cccc(Cl)c24)C3)C[C@@H]1CC#N. The molecule has 0 N–H and O–H groups in total. The molecule has 1 amide bonds. The lowest BCUT2D eigenvalue weighted by atomic mass is 9.94. The maximum absolute atomic E-state index is 14.5. The molecule has 0 aliphatic carbocycles. The van der Waals surface area contributed by atoms with Crippen molar-refractivity contribution in [3.8, 4) is 12.1 Å². The van der Waals surface area contributed by atoms with Gasteiger partial charge in [0, 0.05) is 55.0 Å². The van der Waals surface area contributed by atoms with E-state index >= 15 is 0 Å². The molecule has 0 unspecified atom stereocenters. The van der Waals surface area contributed by atoms with Crippen LogP contribution in [-0.4, -0.2) is 82.8 Å². The Morgan fingerprint density at radius 3 is 2.83 bits per heavy atom. The summed E-state index contributed by atoms with van der Waals surface area (Å²) in [6.45, 7) is 5.74. The lowest BCUT2D eigenvalue weighted by Gasteiger charge is -2.42. The van der Waals surface area contributed by atoms with Crippen LogP contribution in [0, 0.1) is 11.3 Å². The van der Waals surface area contributed by atoms with E-state index < -0.39 is 23.9 Å². The molecule has 0 bridgehead atoms. The van der Waals surface area contributed by atoms with Crippen molar-refractivity contribution in [2.45, 2.75) is 62.6 Å². The summed E-state index contributed by atoms with van der Waals surface area (Å²) in [7, 11) is 0. The third-order valence-corrected chi connectivity index (χ3v) is 10.2. The Labute approximate surface area is 271 Å². The van der Waals surface area contributed by atoms with Crippen LogP contribution in [0.25, 0.3) is 10.8 Å². The fourth-order valence-electron chi connectivity index (χ4n) is 7.75. The van der Waals surface area contributed by atoms with E-state index in [9.17, 15) is 18.8 Å². The molecule has 9 nitrogen and oxygen atoms in total. The first-order valence-corrected chi connectivity index (χ1v) is 16.1. The number of hydrogen-bond donors (Lipinski definition) is 0. The summed E-state index contributed by atoms with van der Waals surface area (Å²) in [5, 5.41) is 12.1. The Morgan fingerprint density at radius 1 is 1.20 bits per heavy atom. The number of hydrogen-bond acceptors (Lipinski definition) is 8. The van der Waals surface area contributed by atoms with E-state index in [0.29, 0.717) is 36.8 Å². The topological polar surface area (TPSA) is 94.8 Å². The highest BCUT2D eigenvalue weighted by molar-refractivity contribution is 6.35. The Kier molecular flexibility index (Phi) is 8.30. The minimum Gasteiger partial charge on any atom is -0.461 e. The van der Waals surface area contributed by atoms with Gasteiger partial charge in [-0.1, -0.05) is 48.5 Å². The zero-order chi connectivity index (χ0) is 32.0. The maximum atomic E-state index is 14.5. The van der Waals surface area contributed by atoms with Gasteiger partial charge in [0.1, 0.15) is 18.6 Å². The number of rotatable bonds is 7. The lowest BCUT2D eigenvalue weighted by molar-refractivity contribution is -0.131. The molecule has 7 rings (SSSR count). The summed E-state index contributed by atoms with van der Waals surface area (Å²) in [6.07, 6.45) is 1.53. The Morgan fingerprint density at radius 2 is 2.02 bits per heavy atom. The third-order valence-electron chi connectivity index (χ3n) is 9.92. The second-order valence-electron chi connectivity index (χ2n) is 12.7. The van der Waals surface area contributed by atoms with E-state index in [0.717, 1.165) is 47.0 Å². The fourth-order valence-corrected chi connectivity index (χ4v) is 8.04. The van der Waals surface area contributed by atoms with Crippen LogP contribution in [0.2, 0.25) is 5.02 Å². The van der Waals surface area contributed by atoms with Crippen LogP contribution in [0.1, 0.15) is 48.6 Å². The Hall–Kier alpha value is -3.85. The van der Waals surface area contributed by atoms with Crippen molar-refractivity contribution in [1.29, 1.82) is 5.26 Å². The number of nitrogens with zero attached hydrogens (tertiary/aromatic N) is 6. The highest BCUT2D eigenvalue weighted by atomic mass is 35.5. The molecular weight excluding hydrogens is 614 g/mol. The van der Waals surface area contributed by atoms with Crippen molar-refractivity contribution < 1.29 is 23.0 Å². The summed E-state index contributed by atoms with van der Waals surface area (Å²) < 4.78 is 41.1. The number of amides is 1. The third kappa shape index (κ3) is 5.57. The first-order valence-electron chi connectivity index (χ1n) is 15.7. The molecule has 2 aromatic carbocycles. The van der Waals surface area contributed by atoms with Crippen LogP contribution in [0.5, 0.6) is 6.01 Å². The van der Waals surface area contributed by atoms with Crippen molar-refractivity contribution in [2.75, 3.05) is 44.2 Å². The molecule has 0 spiro atoms. The van der Waals surface area contributed by atoms with Crippen molar-refractivity contribution in [1.82, 2.24) is 19.8 Å². The maximum Gasteiger partial charge on any atom is 0.318 e. The standard InChI is InChI=1S/C34H35ClF2N6O3/c1-21(36)32(44)43-14-13-41(18-24(43)9-11-38)31-26-19-45-29(25-7-2-5-22-6-3-8-27(35)30(22)25)15-28(26)39-33(40-31)46-20-34-10-4-12-42(34)17-23(37)16-34/h2-3,5-8,23-24,29H,1,4,9-10,12-20H2/t23-,24+,29-,34+/m1/s1. The number of halogens is 3. The zero-order valence-corrected chi connectivity index (χ0v) is 26.2. The molecule has 1 aromatic heterocycles. The summed E-state index contributed by atoms with van der Waals surface area (Å²) in [5.74, 6) is -1.27. The number of piperazine rings is 1. The Bertz CT molecular complexity index is 1730. The second-order valence-corrected chi connectivity index (χ2v) is 13.1. The monoisotopic (exact) mass is 648 g/mol. The van der Waals surface area contributed by atoms with E-state index in [-0.39, 0.29) is 50.4 Å². The number of carbonyl (C=O) groups is 1. The molecule has 4 aliphatic heterocycles. The van der Waals surface area contributed by atoms with Crippen molar-refractivity contribution >= 4 is 34.1 Å². The molecular formula is C34H35ClF2N6O3. The van der Waals surface area contributed by atoms with E-state index in [1.165, 1.54) is 4.90 Å². The van der Waals surface area contributed by atoms with Crippen LogP contribution < -0.4 is 9.64 Å².